The van der Waals surface area contributed by atoms with Crippen LogP contribution in [-0.2, 0) is 14.8 Å². The number of ether oxygens (including phenoxy) is 1. The molecule has 0 saturated heterocycles. The Morgan fingerprint density at radius 2 is 2.00 bits per heavy atom. The molecule has 1 heterocycles. The Morgan fingerprint density at radius 3 is 2.69 bits per heavy atom. The Bertz CT molecular complexity index is 523. The lowest BCUT2D eigenvalue weighted by molar-refractivity contribution is -0.119. The molecule has 0 bridgehead atoms. The number of hydrogen-bond donors (Lipinski definition) is 0. The first kappa shape index (κ1) is 10.9. The van der Waals surface area contributed by atoms with Crippen LogP contribution in [0, 0.1) is 0 Å². The third-order valence-electron chi connectivity index (χ3n) is 2.24. The molecule has 0 atom stereocenters. The van der Waals surface area contributed by atoms with Gasteiger partial charge in [-0.25, -0.2) is 8.42 Å². The van der Waals surface area contributed by atoms with Gasteiger partial charge in [-0.3, -0.25) is 9.10 Å². The lowest BCUT2D eigenvalue weighted by Gasteiger charge is -2.19. The first-order valence-corrected chi connectivity index (χ1v) is 6.54. The maximum absolute atomic E-state index is 11.6. The summed E-state index contributed by atoms with van der Waals surface area (Å²) in [5.74, 6) is 0.153. The van der Waals surface area contributed by atoms with Crippen molar-refractivity contribution in [2.75, 3.05) is 23.7 Å². The van der Waals surface area contributed by atoms with Gasteiger partial charge in [0.05, 0.1) is 18.5 Å². The number of carbonyl (C=O) groups is 1. The van der Waals surface area contributed by atoms with Crippen LogP contribution in [-0.4, -0.2) is 33.6 Å². The zero-order valence-electron chi connectivity index (χ0n) is 8.71. The summed E-state index contributed by atoms with van der Waals surface area (Å²) in [7, 11) is -3.46. The number of sulfonamides is 1. The zero-order valence-corrected chi connectivity index (χ0v) is 9.53. The molecule has 0 saturated carbocycles. The summed E-state index contributed by atoms with van der Waals surface area (Å²) in [6.45, 7) is -0.265. The number of nitrogens with zero attached hydrogens (tertiary/aromatic N) is 1. The number of rotatable bonds is 1. The molecule has 1 aromatic carbocycles. The molecule has 0 aliphatic carbocycles. The van der Waals surface area contributed by atoms with Crippen molar-refractivity contribution in [3.63, 3.8) is 0 Å². The van der Waals surface area contributed by atoms with Gasteiger partial charge in [0.2, 0.25) is 10.0 Å². The fourth-order valence-corrected chi connectivity index (χ4v) is 2.42. The van der Waals surface area contributed by atoms with E-state index in [1.165, 1.54) is 0 Å². The van der Waals surface area contributed by atoms with Gasteiger partial charge >= 0.3 is 0 Å². The molecule has 0 amide bonds. The highest BCUT2D eigenvalue weighted by Crippen LogP contribution is 2.31. The molecule has 1 aliphatic heterocycles. The van der Waals surface area contributed by atoms with E-state index in [1.807, 2.05) is 0 Å². The van der Waals surface area contributed by atoms with E-state index >= 15 is 0 Å². The SMILES string of the molecule is CS(=O)(=O)N1CC(=O)COc2ccccc21. The molecule has 5 nitrogen and oxygen atoms in total. The topological polar surface area (TPSA) is 63.7 Å². The summed E-state index contributed by atoms with van der Waals surface area (Å²) < 4.78 is 29.4. The van der Waals surface area contributed by atoms with Crippen molar-refractivity contribution in [2.45, 2.75) is 0 Å². The summed E-state index contributed by atoms with van der Waals surface area (Å²) in [4.78, 5) is 11.4. The number of fused-ring (bicyclic) bond motifs is 1. The fraction of sp³-hybridized carbons (Fsp3) is 0.300. The molecule has 2 rings (SSSR count). The molecule has 16 heavy (non-hydrogen) atoms. The minimum Gasteiger partial charge on any atom is -0.484 e. The zero-order chi connectivity index (χ0) is 11.8. The molecule has 86 valence electrons. The highest BCUT2D eigenvalue weighted by Gasteiger charge is 2.26. The largest absolute Gasteiger partial charge is 0.484 e. The van der Waals surface area contributed by atoms with Crippen LogP contribution in [0.2, 0.25) is 0 Å². The maximum Gasteiger partial charge on any atom is 0.232 e. The van der Waals surface area contributed by atoms with E-state index in [2.05, 4.69) is 0 Å². The normalized spacial score (nSPS) is 16.3. The summed E-state index contributed by atoms with van der Waals surface area (Å²) in [5.41, 5.74) is 0.413. The average molecular weight is 241 g/mol. The van der Waals surface area contributed by atoms with E-state index < -0.39 is 10.0 Å². The van der Waals surface area contributed by atoms with Crippen molar-refractivity contribution in [1.82, 2.24) is 0 Å². The van der Waals surface area contributed by atoms with Crippen molar-refractivity contribution in [1.29, 1.82) is 0 Å². The van der Waals surface area contributed by atoms with Gasteiger partial charge in [0.25, 0.3) is 0 Å². The number of anilines is 1. The molecule has 0 aromatic heterocycles. The summed E-state index contributed by atoms with van der Waals surface area (Å²) in [6, 6.07) is 6.70. The predicted molar refractivity (Wildman–Crippen MR) is 59.1 cm³/mol. The first-order chi connectivity index (χ1) is 7.48. The van der Waals surface area contributed by atoms with E-state index in [-0.39, 0.29) is 18.9 Å². The second-order valence-electron chi connectivity index (χ2n) is 3.56. The van der Waals surface area contributed by atoms with Gasteiger partial charge in [-0.15, -0.1) is 0 Å². The molecule has 1 aliphatic rings. The summed E-state index contributed by atoms with van der Waals surface area (Å²) in [6.07, 6.45) is 1.07. The van der Waals surface area contributed by atoms with E-state index in [0.29, 0.717) is 11.4 Å². The van der Waals surface area contributed by atoms with E-state index in [4.69, 9.17) is 4.74 Å². The van der Waals surface area contributed by atoms with E-state index in [0.717, 1.165) is 10.6 Å². The number of ketones is 1. The average Bonchev–Trinajstić information content (AvgIpc) is 2.38. The van der Waals surface area contributed by atoms with Crippen molar-refractivity contribution < 1.29 is 17.9 Å². The molecule has 0 spiro atoms. The predicted octanol–water partition coefficient (Wildman–Crippen LogP) is 0.414. The van der Waals surface area contributed by atoms with Gasteiger partial charge in [0.15, 0.2) is 5.78 Å². The summed E-state index contributed by atoms with van der Waals surface area (Å²) in [5, 5.41) is 0. The lowest BCUT2D eigenvalue weighted by Crippen LogP contribution is -2.34. The van der Waals surface area contributed by atoms with Crippen LogP contribution < -0.4 is 9.04 Å². The van der Waals surface area contributed by atoms with Crippen LogP contribution in [0.3, 0.4) is 0 Å². The molecular formula is C10H11NO4S. The molecule has 0 N–H and O–H groups in total. The lowest BCUT2D eigenvalue weighted by atomic mass is 10.3. The van der Waals surface area contributed by atoms with Crippen LogP contribution in [0.15, 0.2) is 24.3 Å². The molecule has 0 unspecified atom stereocenters. The Hall–Kier alpha value is -1.56. The highest BCUT2D eigenvalue weighted by molar-refractivity contribution is 7.92. The second kappa shape index (κ2) is 3.79. The molecule has 0 fully saturated rings. The Kier molecular flexibility index (Phi) is 2.59. The third kappa shape index (κ3) is 2.01. The molecule has 1 aromatic rings. The third-order valence-corrected chi connectivity index (χ3v) is 3.37. The Balaban J connectivity index is 2.55. The van der Waals surface area contributed by atoms with Crippen molar-refractivity contribution in [3.05, 3.63) is 24.3 Å². The summed E-state index contributed by atoms with van der Waals surface area (Å²) >= 11 is 0. The minimum absolute atomic E-state index is 0.0942. The minimum atomic E-state index is -3.46. The number of Topliss-reactive ketones (excluding diaryl/α,β-unsaturated/α-hetero) is 1. The van der Waals surface area contributed by atoms with Crippen LogP contribution in [0.25, 0.3) is 0 Å². The van der Waals surface area contributed by atoms with Gasteiger partial charge in [0.1, 0.15) is 12.4 Å². The molecular weight excluding hydrogens is 230 g/mol. The van der Waals surface area contributed by atoms with Crippen LogP contribution >= 0.6 is 0 Å². The smallest absolute Gasteiger partial charge is 0.232 e. The fourth-order valence-electron chi connectivity index (χ4n) is 1.53. The van der Waals surface area contributed by atoms with Gasteiger partial charge in [-0.05, 0) is 12.1 Å². The van der Waals surface area contributed by atoms with Gasteiger partial charge < -0.3 is 4.74 Å². The van der Waals surface area contributed by atoms with Crippen molar-refractivity contribution >= 4 is 21.5 Å². The first-order valence-electron chi connectivity index (χ1n) is 4.70. The molecule has 6 heteroatoms. The van der Waals surface area contributed by atoms with Crippen molar-refractivity contribution in [3.8, 4) is 5.75 Å². The van der Waals surface area contributed by atoms with Gasteiger partial charge in [-0.2, -0.15) is 0 Å². The van der Waals surface area contributed by atoms with Crippen LogP contribution in [0.1, 0.15) is 0 Å². The second-order valence-corrected chi connectivity index (χ2v) is 5.47. The monoisotopic (exact) mass is 241 g/mol. The van der Waals surface area contributed by atoms with Crippen LogP contribution in [0.4, 0.5) is 5.69 Å². The number of carbonyl (C=O) groups excluding carboxylic acids is 1. The number of hydrogen-bond acceptors (Lipinski definition) is 4. The van der Waals surface area contributed by atoms with Gasteiger partial charge in [-0.1, -0.05) is 12.1 Å². The Labute approximate surface area is 93.7 Å². The standard InChI is InChI=1S/C10H11NO4S/c1-16(13,14)11-6-8(12)7-15-10-5-3-2-4-9(10)11/h2-5H,6-7H2,1H3. The number of para-hydroxylation sites is 2. The highest BCUT2D eigenvalue weighted by atomic mass is 32.2. The van der Waals surface area contributed by atoms with Gasteiger partial charge in [0, 0.05) is 0 Å². The van der Waals surface area contributed by atoms with Crippen molar-refractivity contribution in [2.24, 2.45) is 0 Å². The quantitative estimate of drug-likeness (QED) is 0.714. The number of benzene rings is 1. The van der Waals surface area contributed by atoms with Crippen LogP contribution in [0.5, 0.6) is 5.75 Å². The maximum atomic E-state index is 11.6. The molecule has 0 radical (unpaired) electrons. The Morgan fingerprint density at radius 1 is 1.31 bits per heavy atom. The van der Waals surface area contributed by atoms with E-state index in [1.54, 1.807) is 24.3 Å². The van der Waals surface area contributed by atoms with E-state index in [9.17, 15) is 13.2 Å².